The molecule has 0 saturated carbocycles. The topological polar surface area (TPSA) is 55.4 Å². The third-order valence-electron chi connectivity index (χ3n) is 2.46. The van der Waals surface area contributed by atoms with Crippen LogP contribution in [0.25, 0.3) is 0 Å². The van der Waals surface area contributed by atoms with Crippen molar-refractivity contribution in [2.45, 2.75) is 13.0 Å². The van der Waals surface area contributed by atoms with E-state index in [1.54, 1.807) is 7.05 Å². The lowest BCUT2D eigenvalue weighted by Gasteiger charge is -2.19. The number of benzene rings is 1. The standard InChI is InChI=1S/C12H18BrNO3S/c1-4-17-12-6-5-9(13)7-10(12)11(14-2)8-18(3,15)16/h5-7,11,14H,4,8H2,1-3H3. The second-order valence-electron chi connectivity index (χ2n) is 4.05. The summed E-state index contributed by atoms with van der Waals surface area (Å²) in [6.45, 7) is 2.45. The van der Waals surface area contributed by atoms with Gasteiger partial charge in [-0.2, -0.15) is 0 Å². The fraction of sp³-hybridized carbons (Fsp3) is 0.500. The fourth-order valence-electron chi connectivity index (χ4n) is 1.71. The normalized spacial score (nSPS) is 13.3. The number of rotatable bonds is 6. The minimum atomic E-state index is -3.06. The van der Waals surface area contributed by atoms with Gasteiger partial charge in [0.25, 0.3) is 0 Å². The molecule has 4 nitrogen and oxygen atoms in total. The molecule has 0 fully saturated rings. The van der Waals surface area contributed by atoms with Gasteiger partial charge < -0.3 is 10.1 Å². The van der Waals surface area contributed by atoms with Crippen LogP contribution in [0.3, 0.4) is 0 Å². The van der Waals surface area contributed by atoms with Gasteiger partial charge in [0.15, 0.2) is 0 Å². The van der Waals surface area contributed by atoms with Gasteiger partial charge in [-0.15, -0.1) is 0 Å². The second-order valence-corrected chi connectivity index (χ2v) is 7.15. The van der Waals surface area contributed by atoms with E-state index in [4.69, 9.17) is 4.74 Å². The molecular weight excluding hydrogens is 318 g/mol. The van der Waals surface area contributed by atoms with E-state index < -0.39 is 9.84 Å². The lowest BCUT2D eigenvalue weighted by Crippen LogP contribution is -2.25. The Bertz CT molecular complexity index is 502. The summed E-state index contributed by atoms with van der Waals surface area (Å²) in [7, 11) is -1.32. The molecule has 0 amide bonds. The predicted molar refractivity (Wildman–Crippen MR) is 76.8 cm³/mol. The molecule has 1 unspecified atom stereocenters. The van der Waals surface area contributed by atoms with Crippen molar-refractivity contribution < 1.29 is 13.2 Å². The van der Waals surface area contributed by atoms with Crippen molar-refractivity contribution in [3.05, 3.63) is 28.2 Å². The van der Waals surface area contributed by atoms with Crippen molar-refractivity contribution in [3.8, 4) is 5.75 Å². The highest BCUT2D eigenvalue weighted by molar-refractivity contribution is 9.10. The van der Waals surface area contributed by atoms with Crippen molar-refractivity contribution in [2.24, 2.45) is 0 Å². The van der Waals surface area contributed by atoms with Gasteiger partial charge in [0.2, 0.25) is 0 Å². The number of halogens is 1. The van der Waals surface area contributed by atoms with E-state index in [9.17, 15) is 8.42 Å². The monoisotopic (exact) mass is 335 g/mol. The Hall–Kier alpha value is -0.590. The van der Waals surface area contributed by atoms with Crippen molar-refractivity contribution in [3.63, 3.8) is 0 Å². The van der Waals surface area contributed by atoms with Crippen LogP contribution in [0.2, 0.25) is 0 Å². The largest absolute Gasteiger partial charge is 0.494 e. The Kier molecular flexibility index (Phi) is 5.62. The molecule has 102 valence electrons. The van der Waals surface area contributed by atoms with Crippen molar-refractivity contribution >= 4 is 25.8 Å². The molecule has 1 N–H and O–H groups in total. The summed E-state index contributed by atoms with van der Waals surface area (Å²) in [5, 5.41) is 3.02. The lowest BCUT2D eigenvalue weighted by atomic mass is 10.1. The first-order valence-corrected chi connectivity index (χ1v) is 8.50. The molecular formula is C12H18BrNO3S. The summed E-state index contributed by atoms with van der Waals surface area (Å²) in [5.41, 5.74) is 0.846. The smallest absolute Gasteiger partial charge is 0.149 e. The molecule has 1 atom stereocenters. The average Bonchev–Trinajstić information content (AvgIpc) is 2.27. The van der Waals surface area contributed by atoms with Gasteiger partial charge in [-0.1, -0.05) is 15.9 Å². The average molecular weight is 336 g/mol. The summed E-state index contributed by atoms with van der Waals surface area (Å²) >= 11 is 3.39. The van der Waals surface area contributed by atoms with E-state index in [-0.39, 0.29) is 11.8 Å². The van der Waals surface area contributed by atoms with E-state index in [0.29, 0.717) is 12.4 Å². The van der Waals surface area contributed by atoms with Crippen LogP contribution >= 0.6 is 15.9 Å². The molecule has 0 aromatic heterocycles. The minimum Gasteiger partial charge on any atom is -0.494 e. The fourth-order valence-corrected chi connectivity index (χ4v) is 3.04. The Morgan fingerprint density at radius 3 is 2.61 bits per heavy atom. The van der Waals surface area contributed by atoms with Crippen LogP contribution < -0.4 is 10.1 Å². The first-order chi connectivity index (χ1) is 8.37. The molecule has 0 radical (unpaired) electrons. The molecule has 0 heterocycles. The first-order valence-electron chi connectivity index (χ1n) is 5.64. The number of hydrogen-bond acceptors (Lipinski definition) is 4. The Labute approximate surface area is 117 Å². The van der Waals surface area contributed by atoms with Crippen LogP contribution in [-0.2, 0) is 9.84 Å². The number of hydrogen-bond donors (Lipinski definition) is 1. The predicted octanol–water partition coefficient (Wildman–Crippen LogP) is 2.15. The second kappa shape index (κ2) is 6.54. The van der Waals surface area contributed by atoms with Gasteiger partial charge in [-0.25, -0.2) is 8.42 Å². The molecule has 0 spiro atoms. The summed E-state index contributed by atoms with van der Waals surface area (Å²) in [4.78, 5) is 0. The molecule has 1 aromatic rings. The Morgan fingerprint density at radius 1 is 1.44 bits per heavy atom. The van der Waals surface area contributed by atoms with Crippen molar-refractivity contribution in [2.75, 3.05) is 25.7 Å². The number of sulfone groups is 1. The van der Waals surface area contributed by atoms with E-state index in [1.807, 2.05) is 25.1 Å². The van der Waals surface area contributed by atoms with Crippen molar-refractivity contribution in [1.82, 2.24) is 5.32 Å². The van der Waals surface area contributed by atoms with Crippen LogP contribution in [0, 0.1) is 0 Å². The third kappa shape index (κ3) is 4.59. The molecule has 0 bridgehead atoms. The van der Waals surface area contributed by atoms with Gasteiger partial charge in [-0.3, -0.25) is 0 Å². The van der Waals surface area contributed by atoms with Crippen LogP contribution in [0.1, 0.15) is 18.5 Å². The van der Waals surface area contributed by atoms with E-state index >= 15 is 0 Å². The van der Waals surface area contributed by atoms with E-state index in [2.05, 4.69) is 21.2 Å². The maximum atomic E-state index is 11.4. The maximum Gasteiger partial charge on any atom is 0.149 e. The first kappa shape index (κ1) is 15.5. The van der Waals surface area contributed by atoms with Gasteiger partial charge >= 0.3 is 0 Å². The molecule has 1 rings (SSSR count). The molecule has 0 aliphatic heterocycles. The minimum absolute atomic E-state index is 0.0417. The number of nitrogens with one attached hydrogen (secondary N) is 1. The molecule has 1 aromatic carbocycles. The molecule has 18 heavy (non-hydrogen) atoms. The maximum absolute atomic E-state index is 11.4. The molecule has 0 saturated heterocycles. The van der Waals surface area contributed by atoms with Gasteiger partial charge in [0, 0.05) is 22.3 Å². The summed E-state index contributed by atoms with van der Waals surface area (Å²) in [5.74, 6) is 0.753. The van der Waals surface area contributed by atoms with Crippen LogP contribution in [0.5, 0.6) is 5.75 Å². The molecule has 0 aliphatic carbocycles. The van der Waals surface area contributed by atoms with Crippen LogP contribution in [0.15, 0.2) is 22.7 Å². The van der Waals surface area contributed by atoms with E-state index in [0.717, 1.165) is 10.0 Å². The number of ether oxygens (including phenoxy) is 1. The molecule has 0 aliphatic rings. The van der Waals surface area contributed by atoms with Gasteiger partial charge in [-0.05, 0) is 32.2 Å². The van der Waals surface area contributed by atoms with Gasteiger partial charge in [0.1, 0.15) is 15.6 Å². The zero-order chi connectivity index (χ0) is 13.8. The third-order valence-corrected chi connectivity index (χ3v) is 3.90. The lowest BCUT2D eigenvalue weighted by molar-refractivity contribution is 0.333. The summed E-state index contributed by atoms with van der Waals surface area (Å²) < 4.78 is 29.3. The summed E-state index contributed by atoms with van der Waals surface area (Å²) in [6.07, 6.45) is 1.23. The van der Waals surface area contributed by atoms with Gasteiger partial charge in [0.05, 0.1) is 12.4 Å². The Balaban J connectivity index is 3.14. The highest BCUT2D eigenvalue weighted by Crippen LogP contribution is 2.29. The summed E-state index contributed by atoms with van der Waals surface area (Å²) in [6, 6.07) is 5.33. The Morgan fingerprint density at radius 2 is 2.11 bits per heavy atom. The SMILES string of the molecule is CCOc1ccc(Br)cc1C(CS(C)(=O)=O)NC. The highest BCUT2D eigenvalue weighted by Gasteiger charge is 2.19. The van der Waals surface area contributed by atoms with Crippen LogP contribution in [0.4, 0.5) is 0 Å². The zero-order valence-electron chi connectivity index (χ0n) is 10.7. The molecule has 6 heteroatoms. The highest BCUT2D eigenvalue weighted by atomic mass is 79.9. The zero-order valence-corrected chi connectivity index (χ0v) is 13.1. The van der Waals surface area contributed by atoms with Crippen LogP contribution in [-0.4, -0.2) is 34.1 Å². The van der Waals surface area contributed by atoms with Crippen molar-refractivity contribution in [1.29, 1.82) is 0 Å². The van der Waals surface area contributed by atoms with E-state index in [1.165, 1.54) is 6.26 Å². The quantitative estimate of drug-likeness (QED) is 0.865.